The molecule has 0 saturated heterocycles. The molecule has 0 atom stereocenters. The number of hydrogen-bond donors (Lipinski definition) is 0. The predicted molar refractivity (Wildman–Crippen MR) is 59.9 cm³/mol. The Morgan fingerprint density at radius 3 is 2.21 bits per heavy atom. The fraction of sp³-hybridized carbons (Fsp3) is 0.167. The maximum atomic E-state index is 2.18. The van der Waals surface area contributed by atoms with Gasteiger partial charge in [-0.15, -0.1) is 0 Å². The molecule has 0 bridgehead atoms. The average molecular weight is 256 g/mol. The SMILES string of the molecule is C[B]c1ccc(C)c2ccccc12.[Y]. The van der Waals surface area contributed by atoms with Crippen molar-refractivity contribution in [3.05, 3.63) is 42.0 Å². The van der Waals surface area contributed by atoms with E-state index < -0.39 is 0 Å². The summed E-state index contributed by atoms with van der Waals surface area (Å²) in [6, 6.07) is 12.9. The predicted octanol–water partition coefficient (Wildman–Crippen LogP) is 2.52. The summed E-state index contributed by atoms with van der Waals surface area (Å²) in [5.74, 6) is 0. The molecular weight excluding hydrogens is 244 g/mol. The molecule has 2 rings (SSSR count). The van der Waals surface area contributed by atoms with Gasteiger partial charge in [0.1, 0.15) is 7.28 Å². The van der Waals surface area contributed by atoms with Crippen molar-refractivity contribution >= 4 is 23.5 Å². The Bertz CT molecular complexity index is 437. The van der Waals surface area contributed by atoms with Gasteiger partial charge in [-0.05, 0) is 23.3 Å². The van der Waals surface area contributed by atoms with Crippen LogP contribution in [-0.2, 0) is 32.7 Å². The molecule has 66 valence electrons. The van der Waals surface area contributed by atoms with Gasteiger partial charge in [-0.2, -0.15) is 0 Å². The van der Waals surface area contributed by atoms with Gasteiger partial charge in [0.25, 0.3) is 0 Å². The van der Waals surface area contributed by atoms with Crippen molar-refractivity contribution in [2.75, 3.05) is 0 Å². The Balaban J connectivity index is 0.000000980. The molecule has 2 aromatic rings. The Labute approximate surface area is 111 Å². The quantitative estimate of drug-likeness (QED) is 0.687. The summed E-state index contributed by atoms with van der Waals surface area (Å²) < 4.78 is 0. The second-order valence-electron chi connectivity index (χ2n) is 3.31. The zero-order chi connectivity index (χ0) is 9.26. The Morgan fingerprint density at radius 1 is 0.929 bits per heavy atom. The molecule has 0 heterocycles. The summed E-state index contributed by atoms with van der Waals surface area (Å²) in [6.07, 6.45) is 0. The van der Waals surface area contributed by atoms with Crippen LogP contribution in [0.4, 0.5) is 0 Å². The zero-order valence-corrected chi connectivity index (χ0v) is 11.5. The van der Waals surface area contributed by atoms with Crippen LogP contribution in [-0.4, -0.2) is 7.28 Å². The minimum atomic E-state index is 0. The number of rotatable bonds is 1. The van der Waals surface area contributed by atoms with E-state index in [1.54, 1.807) is 0 Å². The summed E-state index contributed by atoms with van der Waals surface area (Å²) >= 11 is 0. The first-order valence-corrected chi connectivity index (χ1v) is 4.60. The standard InChI is InChI=1S/C12H12B.Y/c1-9-7-8-12(13-2)11-6-4-3-5-10(9)11;/h3-8H,1-2H3;. The van der Waals surface area contributed by atoms with Crippen LogP contribution in [0.1, 0.15) is 5.56 Å². The van der Waals surface area contributed by atoms with Gasteiger partial charge in [-0.25, -0.2) is 0 Å². The van der Waals surface area contributed by atoms with Gasteiger partial charge in [0, 0.05) is 32.7 Å². The van der Waals surface area contributed by atoms with Gasteiger partial charge in [-0.3, -0.25) is 0 Å². The van der Waals surface area contributed by atoms with Gasteiger partial charge in [0.15, 0.2) is 0 Å². The van der Waals surface area contributed by atoms with Crippen LogP contribution >= 0.6 is 0 Å². The largest absolute Gasteiger partial charge is 0.149 e. The topological polar surface area (TPSA) is 0 Å². The maximum absolute atomic E-state index is 2.18. The minimum Gasteiger partial charge on any atom is -0.0872 e. The van der Waals surface area contributed by atoms with Crippen molar-refractivity contribution in [1.29, 1.82) is 0 Å². The van der Waals surface area contributed by atoms with Gasteiger partial charge in [0.05, 0.1) is 0 Å². The van der Waals surface area contributed by atoms with Crippen molar-refractivity contribution in [1.82, 2.24) is 0 Å². The third kappa shape index (κ3) is 2.10. The van der Waals surface area contributed by atoms with Crippen LogP contribution in [0.3, 0.4) is 0 Å². The van der Waals surface area contributed by atoms with Crippen LogP contribution in [0.5, 0.6) is 0 Å². The van der Waals surface area contributed by atoms with Crippen molar-refractivity contribution in [3.63, 3.8) is 0 Å². The van der Waals surface area contributed by atoms with Crippen LogP contribution in [0.2, 0.25) is 6.82 Å². The summed E-state index contributed by atoms with van der Waals surface area (Å²) in [5, 5.41) is 2.71. The molecule has 2 heteroatoms. The van der Waals surface area contributed by atoms with Crippen molar-refractivity contribution in [2.24, 2.45) is 0 Å². The second-order valence-corrected chi connectivity index (χ2v) is 3.31. The smallest absolute Gasteiger partial charge is 0.0872 e. The first kappa shape index (κ1) is 11.9. The summed E-state index contributed by atoms with van der Waals surface area (Å²) in [7, 11) is 2.15. The molecule has 0 aliphatic rings. The van der Waals surface area contributed by atoms with E-state index in [4.69, 9.17) is 0 Å². The van der Waals surface area contributed by atoms with E-state index in [0.29, 0.717) is 0 Å². The van der Waals surface area contributed by atoms with Crippen molar-refractivity contribution in [2.45, 2.75) is 13.7 Å². The van der Waals surface area contributed by atoms with E-state index in [1.807, 2.05) is 0 Å². The molecule has 0 saturated carbocycles. The second kappa shape index (κ2) is 5.09. The van der Waals surface area contributed by atoms with E-state index in [9.17, 15) is 0 Å². The normalized spacial score (nSPS) is 9.57. The molecule has 0 aromatic heterocycles. The Morgan fingerprint density at radius 2 is 1.57 bits per heavy atom. The summed E-state index contributed by atoms with van der Waals surface area (Å²) in [5.41, 5.74) is 2.67. The van der Waals surface area contributed by atoms with Crippen LogP contribution in [0, 0.1) is 6.92 Å². The molecule has 0 aliphatic heterocycles. The number of hydrogen-bond acceptors (Lipinski definition) is 0. The van der Waals surface area contributed by atoms with E-state index in [1.165, 1.54) is 21.8 Å². The molecule has 0 fully saturated rings. The zero-order valence-electron chi connectivity index (χ0n) is 8.62. The van der Waals surface area contributed by atoms with Crippen molar-refractivity contribution in [3.8, 4) is 0 Å². The monoisotopic (exact) mass is 256 g/mol. The molecule has 2 aromatic carbocycles. The summed E-state index contributed by atoms with van der Waals surface area (Å²) in [4.78, 5) is 0. The van der Waals surface area contributed by atoms with Gasteiger partial charge in [-0.1, -0.05) is 48.7 Å². The third-order valence-corrected chi connectivity index (χ3v) is 2.49. The Hall–Kier alpha value is -0.131. The van der Waals surface area contributed by atoms with Crippen LogP contribution in [0.15, 0.2) is 36.4 Å². The molecule has 0 N–H and O–H groups in total. The fourth-order valence-corrected chi connectivity index (χ4v) is 1.72. The van der Waals surface area contributed by atoms with E-state index in [-0.39, 0.29) is 32.7 Å². The van der Waals surface area contributed by atoms with Crippen molar-refractivity contribution < 1.29 is 32.7 Å². The Kier molecular flexibility index (Phi) is 4.34. The van der Waals surface area contributed by atoms with E-state index in [2.05, 4.69) is 57.4 Å². The number of benzene rings is 2. The first-order chi connectivity index (χ1) is 6.33. The van der Waals surface area contributed by atoms with E-state index >= 15 is 0 Å². The fourth-order valence-electron chi connectivity index (χ4n) is 1.72. The van der Waals surface area contributed by atoms with Gasteiger partial charge >= 0.3 is 0 Å². The molecule has 0 aliphatic carbocycles. The third-order valence-electron chi connectivity index (χ3n) is 2.49. The van der Waals surface area contributed by atoms with Gasteiger partial charge < -0.3 is 0 Å². The number of fused-ring (bicyclic) bond motifs is 1. The molecule has 0 amide bonds. The minimum absolute atomic E-state index is 0. The molecule has 2 radical (unpaired) electrons. The van der Waals surface area contributed by atoms with Crippen LogP contribution in [0.25, 0.3) is 10.8 Å². The molecule has 0 spiro atoms. The maximum Gasteiger partial charge on any atom is 0.149 e. The average Bonchev–Trinajstić information content (AvgIpc) is 2.19. The summed E-state index contributed by atoms with van der Waals surface area (Å²) in [6.45, 7) is 4.23. The number of aryl methyl sites for hydroxylation is 1. The van der Waals surface area contributed by atoms with Crippen LogP contribution < -0.4 is 5.46 Å². The first-order valence-electron chi connectivity index (χ1n) is 4.60. The van der Waals surface area contributed by atoms with E-state index in [0.717, 1.165) is 0 Å². The molecule has 14 heavy (non-hydrogen) atoms. The molecule has 0 nitrogen and oxygen atoms in total. The van der Waals surface area contributed by atoms with Gasteiger partial charge in [0.2, 0.25) is 0 Å². The molecular formula is C12H12BY. The molecule has 0 unspecified atom stereocenters.